The van der Waals surface area contributed by atoms with Gasteiger partial charge < -0.3 is 8.98 Å². The number of hydrogen-bond donors (Lipinski definition) is 0. The molecule has 252 valence electrons. The SMILES string of the molecule is c1ccc(-c2ccc3c4ccccc4n(-c4cccc5c4oc4c6ccccc6c(-c6nc(-c7ccccc7)nc(-c7ccccc7)n6)cc54)c3c2)cc1. The third-order valence-electron chi connectivity index (χ3n) is 10.4. The maximum Gasteiger partial charge on any atom is 0.164 e. The van der Waals surface area contributed by atoms with E-state index in [-0.39, 0.29) is 0 Å². The van der Waals surface area contributed by atoms with Gasteiger partial charge in [0.2, 0.25) is 0 Å². The second-order valence-electron chi connectivity index (χ2n) is 13.6. The predicted octanol–water partition coefficient (Wildman–Crippen LogP) is 12.7. The Bertz CT molecular complexity index is 3140. The molecule has 3 aromatic heterocycles. The van der Waals surface area contributed by atoms with Crippen LogP contribution in [0, 0.1) is 0 Å². The Labute approximate surface area is 310 Å². The molecule has 3 heterocycles. The van der Waals surface area contributed by atoms with Crippen LogP contribution in [0.25, 0.3) is 105 Å². The van der Waals surface area contributed by atoms with Crippen molar-refractivity contribution in [3.05, 3.63) is 182 Å². The Hall–Kier alpha value is -7.37. The number of aromatic nitrogens is 4. The lowest BCUT2D eigenvalue weighted by Gasteiger charge is -2.11. The number of para-hydroxylation sites is 2. The molecule has 0 aliphatic carbocycles. The van der Waals surface area contributed by atoms with E-state index < -0.39 is 0 Å². The first-order valence-electron chi connectivity index (χ1n) is 18.1. The van der Waals surface area contributed by atoms with Crippen molar-refractivity contribution in [3.8, 4) is 51.0 Å². The topological polar surface area (TPSA) is 56.7 Å². The maximum atomic E-state index is 7.04. The number of rotatable bonds is 5. The lowest BCUT2D eigenvalue weighted by Crippen LogP contribution is -2.00. The quantitative estimate of drug-likeness (QED) is 0.180. The molecule has 0 saturated carbocycles. The summed E-state index contributed by atoms with van der Waals surface area (Å²) in [6.07, 6.45) is 0. The van der Waals surface area contributed by atoms with Gasteiger partial charge >= 0.3 is 0 Å². The summed E-state index contributed by atoms with van der Waals surface area (Å²) < 4.78 is 9.39. The van der Waals surface area contributed by atoms with Crippen molar-refractivity contribution in [1.29, 1.82) is 0 Å². The van der Waals surface area contributed by atoms with Crippen molar-refractivity contribution in [2.24, 2.45) is 0 Å². The summed E-state index contributed by atoms with van der Waals surface area (Å²) in [7, 11) is 0. The highest BCUT2D eigenvalue weighted by atomic mass is 16.3. The number of furan rings is 1. The lowest BCUT2D eigenvalue weighted by atomic mass is 9.99. The van der Waals surface area contributed by atoms with Crippen LogP contribution in [0.2, 0.25) is 0 Å². The van der Waals surface area contributed by atoms with E-state index in [4.69, 9.17) is 19.4 Å². The van der Waals surface area contributed by atoms with E-state index >= 15 is 0 Å². The molecule has 0 atom stereocenters. The van der Waals surface area contributed by atoms with Crippen molar-refractivity contribution in [3.63, 3.8) is 0 Å². The molecule has 0 aliphatic heterocycles. The maximum absolute atomic E-state index is 7.04. The van der Waals surface area contributed by atoms with Gasteiger partial charge in [-0.3, -0.25) is 0 Å². The number of nitrogens with zero attached hydrogens (tertiary/aromatic N) is 4. The zero-order chi connectivity index (χ0) is 35.6. The normalized spacial score (nSPS) is 11.7. The van der Waals surface area contributed by atoms with Crippen LogP contribution in [0.15, 0.2) is 186 Å². The van der Waals surface area contributed by atoms with Gasteiger partial charge in [-0.2, -0.15) is 0 Å². The summed E-state index contributed by atoms with van der Waals surface area (Å²) >= 11 is 0. The van der Waals surface area contributed by atoms with E-state index in [2.05, 4.69) is 126 Å². The van der Waals surface area contributed by atoms with Gasteiger partial charge in [-0.05, 0) is 40.8 Å². The summed E-state index contributed by atoms with van der Waals surface area (Å²) in [5, 5.41) is 6.45. The minimum atomic E-state index is 0.613. The molecule has 0 saturated heterocycles. The molecule has 54 heavy (non-hydrogen) atoms. The van der Waals surface area contributed by atoms with Crippen molar-refractivity contribution >= 4 is 54.5 Å². The summed E-state index contributed by atoms with van der Waals surface area (Å²) in [6.45, 7) is 0. The van der Waals surface area contributed by atoms with Crippen molar-refractivity contribution in [2.45, 2.75) is 0 Å². The molecule has 11 rings (SSSR count). The van der Waals surface area contributed by atoms with Gasteiger partial charge in [-0.15, -0.1) is 0 Å². The fourth-order valence-corrected chi connectivity index (χ4v) is 7.94. The van der Waals surface area contributed by atoms with E-state index in [0.29, 0.717) is 17.5 Å². The van der Waals surface area contributed by atoms with E-state index in [9.17, 15) is 0 Å². The van der Waals surface area contributed by atoms with E-state index in [0.717, 1.165) is 66.1 Å². The fourth-order valence-electron chi connectivity index (χ4n) is 7.94. The average molecular weight is 691 g/mol. The number of benzene rings is 8. The molecule has 0 N–H and O–H groups in total. The van der Waals surface area contributed by atoms with Crippen molar-refractivity contribution < 1.29 is 4.42 Å². The van der Waals surface area contributed by atoms with Crippen LogP contribution >= 0.6 is 0 Å². The van der Waals surface area contributed by atoms with Gasteiger partial charge in [0.25, 0.3) is 0 Å². The van der Waals surface area contributed by atoms with Gasteiger partial charge in [0, 0.05) is 43.6 Å². The van der Waals surface area contributed by atoms with E-state index in [1.165, 1.54) is 21.9 Å². The highest BCUT2D eigenvalue weighted by Gasteiger charge is 2.22. The summed E-state index contributed by atoms with van der Waals surface area (Å²) in [6, 6.07) is 63.2. The Morgan fingerprint density at radius 2 is 0.870 bits per heavy atom. The van der Waals surface area contributed by atoms with Gasteiger partial charge in [-0.1, -0.05) is 158 Å². The van der Waals surface area contributed by atoms with Crippen molar-refractivity contribution in [2.75, 3.05) is 0 Å². The summed E-state index contributed by atoms with van der Waals surface area (Å²) in [5.74, 6) is 1.87. The second kappa shape index (κ2) is 12.1. The molecule has 0 aliphatic rings. The monoisotopic (exact) mass is 690 g/mol. The molecular formula is C49H30N4O. The highest BCUT2D eigenvalue weighted by Crippen LogP contribution is 2.43. The van der Waals surface area contributed by atoms with Crippen LogP contribution in [0.3, 0.4) is 0 Å². The molecule has 8 aromatic carbocycles. The first kappa shape index (κ1) is 30.3. The smallest absolute Gasteiger partial charge is 0.164 e. The predicted molar refractivity (Wildman–Crippen MR) is 221 cm³/mol. The molecule has 0 radical (unpaired) electrons. The Morgan fingerprint density at radius 3 is 1.57 bits per heavy atom. The third-order valence-corrected chi connectivity index (χ3v) is 10.4. The fraction of sp³-hybridized carbons (Fsp3) is 0. The van der Waals surface area contributed by atoms with E-state index in [1.54, 1.807) is 0 Å². The largest absolute Gasteiger partial charge is 0.453 e. The Balaban J connectivity index is 1.19. The van der Waals surface area contributed by atoms with Crippen LogP contribution in [0.5, 0.6) is 0 Å². The summed E-state index contributed by atoms with van der Waals surface area (Å²) in [5.41, 5.74) is 10.1. The molecule has 5 heteroatoms. The zero-order valence-electron chi connectivity index (χ0n) is 29.0. The Kier molecular flexibility index (Phi) is 6.79. The first-order valence-corrected chi connectivity index (χ1v) is 18.1. The molecule has 0 unspecified atom stereocenters. The molecule has 0 spiro atoms. The number of hydrogen-bond acceptors (Lipinski definition) is 4. The van der Waals surface area contributed by atoms with E-state index in [1.807, 2.05) is 60.7 Å². The summed E-state index contributed by atoms with van der Waals surface area (Å²) in [4.78, 5) is 15.2. The van der Waals surface area contributed by atoms with Gasteiger partial charge in [0.1, 0.15) is 5.58 Å². The van der Waals surface area contributed by atoms with Crippen LogP contribution < -0.4 is 0 Å². The molecule has 0 amide bonds. The molecular weight excluding hydrogens is 661 g/mol. The van der Waals surface area contributed by atoms with Gasteiger partial charge in [0.15, 0.2) is 23.1 Å². The molecule has 0 bridgehead atoms. The Morgan fingerprint density at radius 1 is 0.333 bits per heavy atom. The minimum absolute atomic E-state index is 0.613. The highest BCUT2D eigenvalue weighted by molar-refractivity contribution is 6.20. The van der Waals surface area contributed by atoms with Gasteiger partial charge in [-0.25, -0.2) is 15.0 Å². The number of fused-ring (bicyclic) bond motifs is 8. The van der Waals surface area contributed by atoms with Crippen LogP contribution in [0.4, 0.5) is 0 Å². The lowest BCUT2D eigenvalue weighted by molar-refractivity contribution is 0.670. The van der Waals surface area contributed by atoms with Crippen LogP contribution in [-0.2, 0) is 0 Å². The standard InChI is InChI=1S/C49H30N4O/c1-4-15-31(16-5-1)34-27-28-37-36-22-12-13-25-42(36)53(44(37)29-34)43-26-14-24-39-40-30-41(35-21-10-11-23-38(35)45(40)54-46(39)43)49-51-47(32-17-6-2-7-18-32)50-48(52-49)33-19-8-3-9-20-33/h1-30H. The van der Waals surface area contributed by atoms with Crippen LogP contribution in [0.1, 0.15) is 0 Å². The second-order valence-corrected chi connectivity index (χ2v) is 13.6. The average Bonchev–Trinajstić information content (AvgIpc) is 3.80. The molecule has 0 fully saturated rings. The van der Waals surface area contributed by atoms with Gasteiger partial charge in [0.05, 0.1) is 16.7 Å². The van der Waals surface area contributed by atoms with Crippen molar-refractivity contribution in [1.82, 2.24) is 19.5 Å². The minimum Gasteiger partial charge on any atom is -0.453 e. The zero-order valence-corrected chi connectivity index (χ0v) is 29.0. The van der Waals surface area contributed by atoms with Crippen LogP contribution in [-0.4, -0.2) is 19.5 Å². The third kappa shape index (κ3) is 4.76. The molecule has 5 nitrogen and oxygen atoms in total. The molecule has 11 aromatic rings. The first-order chi connectivity index (χ1) is 26.8.